The number of methoxy groups -OCH3 is 3. The minimum atomic E-state index is -4.05. The highest BCUT2D eigenvalue weighted by Crippen LogP contribution is 2.36. The maximum atomic E-state index is 13.1. The third-order valence-corrected chi connectivity index (χ3v) is 5.74. The number of hydrogen-bond acceptors (Lipinski definition) is 6. The van der Waals surface area contributed by atoms with Crippen LogP contribution in [0.1, 0.15) is 0 Å². The number of anilines is 1. The Morgan fingerprint density at radius 3 is 2.13 bits per heavy atom. The van der Waals surface area contributed by atoms with Crippen molar-refractivity contribution in [3.63, 3.8) is 0 Å². The monoisotopic (exact) mass is 449 g/mol. The first-order valence-electron chi connectivity index (χ1n) is 8.72. The van der Waals surface area contributed by atoms with Crippen LogP contribution < -0.4 is 23.7 Å². The van der Waals surface area contributed by atoms with Crippen molar-refractivity contribution in [2.45, 2.75) is 4.90 Å². The Bertz CT molecular complexity index is 1150. The van der Waals surface area contributed by atoms with Crippen LogP contribution >= 0.6 is 11.6 Å². The molecule has 1 N–H and O–H groups in total. The van der Waals surface area contributed by atoms with Gasteiger partial charge >= 0.3 is 0 Å². The molecule has 0 bridgehead atoms. The first-order valence-corrected chi connectivity index (χ1v) is 10.6. The molecule has 0 aliphatic heterocycles. The van der Waals surface area contributed by atoms with Crippen LogP contribution in [0.25, 0.3) is 0 Å². The molecule has 0 fully saturated rings. The van der Waals surface area contributed by atoms with Gasteiger partial charge in [0, 0.05) is 17.2 Å². The summed E-state index contributed by atoms with van der Waals surface area (Å²) in [6.07, 6.45) is 0. The molecule has 0 spiro atoms. The molecule has 30 heavy (non-hydrogen) atoms. The summed E-state index contributed by atoms with van der Waals surface area (Å²) >= 11 is 6.09. The lowest BCUT2D eigenvalue weighted by atomic mass is 10.3. The summed E-state index contributed by atoms with van der Waals surface area (Å²) in [5.41, 5.74) is 0.162. The van der Waals surface area contributed by atoms with E-state index in [-0.39, 0.29) is 22.1 Å². The number of rotatable bonds is 8. The third-order valence-electron chi connectivity index (χ3n) is 4.12. The quantitative estimate of drug-likeness (QED) is 0.523. The molecule has 0 saturated heterocycles. The second-order valence-corrected chi connectivity index (χ2v) is 8.13. The van der Waals surface area contributed by atoms with E-state index in [4.69, 9.17) is 30.5 Å². The second-order valence-electron chi connectivity index (χ2n) is 6.04. The molecule has 7 nitrogen and oxygen atoms in total. The highest BCUT2D eigenvalue weighted by molar-refractivity contribution is 7.92. The maximum Gasteiger partial charge on any atom is 0.265 e. The van der Waals surface area contributed by atoms with Crippen molar-refractivity contribution >= 4 is 27.3 Å². The van der Waals surface area contributed by atoms with Gasteiger partial charge in [0.15, 0.2) is 5.75 Å². The maximum absolute atomic E-state index is 13.1. The Balaban J connectivity index is 1.99. The molecule has 3 aromatic carbocycles. The predicted octanol–water partition coefficient (Wildman–Crippen LogP) is 4.96. The summed E-state index contributed by atoms with van der Waals surface area (Å²) in [6.45, 7) is 0. The van der Waals surface area contributed by atoms with Gasteiger partial charge in [-0.3, -0.25) is 4.72 Å². The average Bonchev–Trinajstić information content (AvgIpc) is 2.75. The second kappa shape index (κ2) is 9.15. The van der Waals surface area contributed by atoms with Gasteiger partial charge in [-0.1, -0.05) is 17.7 Å². The summed E-state index contributed by atoms with van der Waals surface area (Å²) in [7, 11) is 0.326. The molecule has 0 atom stereocenters. The van der Waals surface area contributed by atoms with E-state index < -0.39 is 10.0 Å². The minimum Gasteiger partial charge on any atom is -0.497 e. The van der Waals surface area contributed by atoms with Gasteiger partial charge in [0.1, 0.15) is 27.9 Å². The zero-order valence-electron chi connectivity index (χ0n) is 16.5. The fourth-order valence-corrected chi connectivity index (χ4v) is 4.07. The molecule has 0 amide bonds. The molecule has 0 radical (unpaired) electrons. The van der Waals surface area contributed by atoms with Crippen molar-refractivity contribution in [1.82, 2.24) is 0 Å². The zero-order valence-corrected chi connectivity index (χ0v) is 18.1. The van der Waals surface area contributed by atoms with Crippen molar-refractivity contribution in [3.8, 4) is 28.7 Å². The van der Waals surface area contributed by atoms with E-state index in [0.717, 1.165) is 0 Å². The summed E-state index contributed by atoms with van der Waals surface area (Å²) in [5, 5.41) is 0.336. The lowest BCUT2D eigenvalue weighted by Crippen LogP contribution is -2.15. The highest BCUT2D eigenvalue weighted by atomic mass is 35.5. The van der Waals surface area contributed by atoms with Gasteiger partial charge in [-0.2, -0.15) is 0 Å². The SMILES string of the molecule is COc1cccc(Oc2ccc(Cl)cc2NS(=O)(=O)c2cc(OC)ccc2OC)c1. The van der Waals surface area contributed by atoms with Crippen LogP contribution in [0, 0.1) is 0 Å². The van der Waals surface area contributed by atoms with E-state index in [2.05, 4.69) is 4.72 Å². The van der Waals surface area contributed by atoms with E-state index in [1.54, 1.807) is 49.6 Å². The summed E-state index contributed by atoms with van der Waals surface area (Å²) in [4.78, 5) is -0.0864. The Morgan fingerprint density at radius 2 is 1.43 bits per heavy atom. The van der Waals surface area contributed by atoms with Gasteiger partial charge in [0.2, 0.25) is 0 Å². The van der Waals surface area contributed by atoms with Crippen LogP contribution in [-0.4, -0.2) is 29.7 Å². The van der Waals surface area contributed by atoms with Gasteiger partial charge in [0.25, 0.3) is 10.0 Å². The highest BCUT2D eigenvalue weighted by Gasteiger charge is 2.23. The molecule has 0 saturated carbocycles. The van der Waals surface area contributed by atoms with Crippen molar-refractivity contribution in [1.29, 1.82) is 0 Å². The van der Waals surface area contributed by atoms with Crippen LogP contribution in [0.5, 0.6) is 28.7 Å². The van der Waals surface area contributed by atoms with Crippen molar-refractivity contribution in [2.75, 3.05) is 26.1 Å². The van der Waals surface area contributed by atoms with Crippen LogP contribution in [-0.2, 0) is 10.0 Å². The predicted molar refractivity (Wildman–Crippen MR) is 115 cm³/mol. The topological polar surface area (TPSA) is 83.1 Å². The van der Waals surface area contributed by atoms with Gasteiger partial charge < -0.3 is 18.9 Å². The standard InChI is InChI=1S/C21H20ClNO6S/c1-26-15-5-4-6-17(12-15)29-19-9-7-14(22)11-18(19)23-30(24,25)21-13-16(27-2)8-10-20(21)28-3/h4-13,23H,1-3H3. The Morgan fingerprint density at radius 1 is 0.767 bits per heavy atom. The van der Waals surface area contributed by atoms with Gasteiger partial charge in [-0.25, -0.2) is 8.42 Å². The van der Waals surface area contributed by atoms with E-state index in [9.17, 15) is 8.42 Å². The van der Waals surface area contributed by atoms with Gasteiger partial charge in [-0.15, -0.1) is 0 Å². The van der Waals surface area contributed by atoms with Crippen molar-refractivity contribution < 1.29 is 27.4 Å². The molecular weight excluding hydrogens is 430 g/mol. The van der Waals surface area contributed by atoms with Gasteiger partial charge in [-0.05, 0) is 42.5 Å². The van der Waals surface area contributed by atoms with E-state index in [0.29, 0.717) is 22.3 Å². The van der Waals surface area contributed by atoms with E-state index in [1.165, 1.54) is 32.4 Å². The lowest BCUT2D eigenvalue weighted by molar-refractivity contribution is 0.392. The Labute approximate surface area is 180 Å². The molecule has 0 aromatic heterocycles. The normalized spacial score (nSPS) is 10.9. The van der Waals surface area contributed by atoms with E-state index >= 15 is 0 Å². The smallest absolute Gasteiger partial charge is 0.265 e. The molecule has 9 heteroatoms. The largest absolute Gasteiger partial charge is 0.497 e. The molecule has 0 heterocycles. The number of hydrogen-bond donors (Lipinski definition) is 1. The number of halogens is 1. The Hall–Kier alpha value is -3.10. The van der Waals surface area contributed by atoms with Gasteiger partial charge in [0.05, 0.1) is 27.0 Å². The number of nitrogens with one attached hydrogen (secondary N) is 1. The molecular formula is C21H20ClNO6S. The van der Waals surface area contributed by atoms with Crippen LogP contribution in [0.4, 0.5) is 5.69 Å². The lowest BCUT2D eigenvalue weighted by Gasteiger charge is -2.16. The first kappa shape index (κ1) is 21.6. The van der Waals surface area contributed by atoms with Crippen molar-refractivity contribution in [3.05, 3.63) is 65.7 Å². The van der Waals surface area contributed by atoms with Crippen LogP contribution in [0.2, 0.25) is 5.02 Å². The fourth-order valence-electron chi connectivity index (χ4n) is 2.66. The summed E-state index contributed by atoms with van der Waals surface area (Å²) < 4.78 is 50.1. The number of ether oxygens (including phenoxy) is 4. The van der Waals surface area contributed by atoms with Crippen LogP contribution in [0.3, 0.4) is 0 Å². The molecule has 0 aliphatic carbocycles. The Kier molecular flexibility index (Phi) is 6.59. The average molecular weight is 450 g/mol. The molecule has 0 unspecified atom stereocenters. The molecule has 0 aliphatic rings. The summed E-state index contributed by atoms with van der Waals surface area (Å²) in [6, 6.07) is 16.0. The third kappa shape index (κ3) is 4.90. The summed E-state index contributed by atoms with van der Waals surface area (Å²) in [5.74, 6) is 1.87. The molecule has 3 aromatic rings. The first-order chi connectivity index (χ1) is 14.4. The number of sulfonamides is 1. The zero-order chi connectivity index (χ0) is 21.7. The number of benzene rings is 3. The van der Waals surface area contributed by atoms with E-state index in [1.807, 2.05) is 0 Å². The minimum absolute atomic E-state index is 0.0864. The fraction of sp³-hybridized carbons (Fsp3) is 0.143. The van der Waals surface area contributed by atoms with Crippen molar-refractivity contribution in [2.24, 2.45) is 0 Å². The molecule has 158 valence electrons. The van der Waals surface area contributed by atoms with Crippen LogP contribution in [0.15, 0.2) is 65.6 Å². The molecule has 3 rings (SSSR count).